The molecule has 0 amide bonds. The first-order valence-electron chi connectivity index (χ1n) is 15.9. The molecule has 1 rings (SSSR count). The van der Waals surface area contributed by atoms with E-state index in [1.165, 1.54) is 70.6 Å². The van der Waals surface area contributed by atoms with Crippen molar-refractivity contribution in [3.8, 4) is 0 Å². The molecule has 0 aromatic heterocycles. The third-order valence-corrected chi connectivity index (χ3v) is 8.03. The van der Waals surface area contributed by atoms with Crippen molar-refractivity contribution in [1.29, 1.82) is 0 Å². The molecule has 0 saturated carbocycles. The molecule has 1 aliphatic heterocycles. The van der Waals surface area contributed by atoms with Crippen LogP contribution in [0, 0.1) is 0 Å². The fraction of sp³-hybridized carbons (Fsp3) is 0.938. The minimum Gasteiger partial charge on any atom is -0.393 e. The van der Waals surface area contributed by atoms with Crippen molar-refractivity contribution in [3.05, 3.63) is 12.7 Å². The predicted octanol–water partition coefficient (Wildman–Crippen LogP) is 8.40. The van der Waals surface area contributed by atoms with Crippen molar-refractivity contribution in [2.45, 2.75) is 192 Å². The summed E-state index contributed by atoms with van der Waals surface area (Å²) in [5.41, 5.74) is 0. The van der Waals surface area contributed by atoms with Crippen LogP contribution in [0.1, 0.15) is 161 Å². The average molecular weight is 511 g/mol. The van der Waals surface area contributed by atoms with Crippen LogP contribution in [0.25, 0.3) is 0 Å². The molecule has 1 fully saturated rings. The van der Waals surface area contributed by atoms with E-state index in [1.807, 2.05) is 6.08 Å². The number of aliphatic hydroxyl groups is 3. The summed E-state index contributed by atoms with van der Waals surface area (Å²) < 4.78 is 6.06. The lowest BCUT2D eigenvalue weighted by Gasteiger charge is -2.22. The molecule has 0 bridgehead atoms. The fourth-order valence-electron chi connectivity index (χ4n) is 5.54. The predicted molar refractivity (Wildman–Crippen MR) is 153 cm³/mol. The topological polar surface area (TPSA) is 69.9 Å². The molecule has 1 unspecified atom stereocenters. The first kappa shape index (κ1) is 33.6. The highest BCUT2D eigenvalue weighted by molar-refractivity contribution is 4.83. The van der Waals surface area contributed by atoms with E-state index in [4.69, 9.17) is 4.74 Å². The quantitative estimate of drug-likeness (QED) is 0.0807. The van der Waals surface area contributed by atoms with Crippen LogP contribution in [0.3, 0.4) is 0 Å². The molecule has 0 aromatic rings. The maximum atomic E-state index is 10.6. The Kier molecular flexibility index (Phi) is 22.1. The first-order chi connectivity index (χ1) is 17.6. The van der Waals surface area contributed by atoms with E-state index in [9.17, 15) is 15.3 Å². The zero-order chi connectivity index (χ0) is 26.3. The Hall–Kier alpha value is -0.420. The standard InChI is InChI=1S/C32H62O4/c1-3-5-7-9-10-11-12-13-15-20-24-29(34)31-26-27-32(36-31)30(35)25-21-17-16-19-23-28(33)22-18-14-8-6-4-2/h4,28-35H,2-3,5-27H2,1H3/t28?,29-,30+,31+,32+/m0/s1. The molecule has 214 valence electrons. The molecule has 4 nitrogen and oxygen atoms in total. The molecular formula is C32H62O4. The van der Waals surface area contributed by atoms with Gasteiger partial charge in [0.25, 0.3) is 0 Å². The highest BCUT2D eigenvalue weighted by atomic mass is 16.5. The molecule has 1 saturated heterocycles. The number of hydrogen-bond donors (Lipinski definition) is 3. The SMILES string of the molecule is C=CCCCCCC(O)CCCCCC[C@@H](O)[C@H]1CC[C@H]([C@@H](O)CCCCCCCCCCCC)O1. The van der Waals surface area contributed by atoms with Crippen LogP contribution in [0.2, 0.25) is 0 Å². The summed E-state index contributed by atoms with van der Waals surface area (Å²) in [7, 11) is 0. The van der Waals surface area contributed by atoms with Crippen LogP contribution in [0.4, 0.5) is 0 Å². The Morgan fingerprint density at radius 1 is 0.611 bits per heavy atom. The van der Waals surface area contributed by atoms with Crippen molar-refractivity contribution in [3.63, 3.8) is 0 Å². The fourth-order valence-corrected chi connectivity index (χ4v) is 5.54. The minimum absolute atomic E-state index is 0.0959. The maximum absolute atomic E-state index is 10.6. The van der Waals surface area contributed by atoms with Gasteiger partial charge in [-0.15, -0.1) is 6.58 Å². The van der Waals surface area contributed by atoms with Crippen LogP contribution in [-0.2, 0) is 4.74 Å². The Bertz CT molecular complexity index is 483. The Morgan fingerprint density at radius 2 is 1.00 bits per heavy atom. The number of aliphatic hydroxyl groups excluding tert-OH is 3. The van der Waals surface area contributed by atoms with Gasteiger partial charge in [-0.1, -0.05) is 116 Å². The minimum atomic E-state index is -0.416. The number of ether oxygens (including phenoxy) is 1. The number of allylic oxidation sites excluding steroid dienone is 1. The van der Waals surface area contributed by atoms with Gasteiger partial charge in [-0.2, -0.15) is 0 Å². The number of unbranched alkanes of at least 4 members (excludes halogenated alkanes) is 15. The summed E-state index contributed by atoms with van der Waals surface area (Å²) in [4.78, 5) is 0. The van der Waals surface area contributed by atoms with E-state index in [1.54, 1.807) is 0 Å². The lowest BCUT2D eigenvalue weighted by Crippen LogP contribution is -2.31. The first-order valence-corrected chi connectivity index (χ1v) is 15.9. The van der Waals surface area contributed by atoms with Gasteiger partial charge >= 0.3 is 0 Å². The molecule has 0 spiro atoms. The zero-order valence-electron chi connectivity index (χ0n) is 23.9. The number of hydrogen-bond acceptors (Lipinski definition) is 4. The Morgan fingerprint density at radius 3 is 1.44 bits per heavy atom. The lowest BCUT2D eigenvalue weighted by molar-refractivity contribution is -0.0786. The molecule has 36 heavy (non-hydrogen) atoms. The van der Waals surface area contributed by atoms with Crippen LogP contribution in [-0.4, -0.2) is 45.8 Å². The summed E-state index contributed by atoms with van der Waals surface area (Å²) in [6.45, 7) is 6.01. The highest BCUT2D eigenvalue weighted by Crippen LogP contribution is 2.28. The summed E-state index contributed by atoms with van der Waals surface area (Å²) >= 11 is 0. The van der Waals surface area contributed by atoms with Gasteiger partial charge in [-0.05, 0) is 51.4 Å². The maximum Gasteiger partial charge on any atom is 0.0840 e. The van der Waals surface area contributed by atoms with Gasteiger partial charge in [0.1, 0.15) is 0 Å². The second-order valence-corrected chi connectivity index (χ2v) is 11.5. The monoisotopic (exact) mass is 510 g/mol. The molecule has 0 aliphatic carbocycles. The van der Waals surface area contributed by atoms with Crippen molar-refractivity contribution in [1.82, 2.24) is 0 Å². The van der Waals surface area contributed by atoms with Crippen molar-refractivity contribution in [2.24, 2.45) is 0 Å². The van der Waals surface area contributed by atoms with E-state index < -0.39 is 6.10 Å². The van der Waals surface area contributed by atoms with Gasteiger partial charge in [-0.3, -0.25) is 0 Å². The van der Waals surface area contributed by atoms with Crippen molar-refractivity contribution < 1.29 is 20.1 Å². The van der Waals surface area contributed by atoms with E-state index >= 15 is 0 Å². The van der Waals surface area contributed by atoms with Crippen molar-refractivity contribution in [2.75, 3.05) is 0 Å². The molecule has 1 aliphatic rings. The smallest absolute Gasteiger partial charge is 0.0840 e. The second kappa shape index (κ2) is 23.7. The summed E-state index contributed by atoms with van der Waals surface area (Å²) in [6.07, 6.45) is 27.9. The van der Waals surface area contributed by atoms with Gasteiger partial charge in [0.2, 0.25) is 0 Å². The second-order valence-electron chi connectivity index (χ2n) is 11.5. The van der Waals surface area contributed by atoms with Crippen LogP contribution in [0.15, 0.2) is 12.7 Å². The summed E-state index contributed by atoms with van der Waals surface area (Å²) in [6, 6.07) is 0. The third kappa shape index (κ3) is 17.9. The molecule has 0 radical (unpaired) electrons. The Balaban J connectivity index is 1.97. The normalized spacial score (nSPS) is 20.4. The van der Waals surface area contributed by atoms with Gasteiger partial charge in [-0.25, -0.2) is 0 Å². The Labute approximate surface area is 224 Å². The lowest BCUT2D eigenvalue weighted by atomic mass is 9.99. The highest BCUT2D eigenvalue weighted by Gasteiger charge is 2.33. The molecule has 5 atom stereocenters. The number of rotatable bonds is 26. The van der Waals surface area contributed by atoms with Crippen LogP contribution >= 0.6 is 0 Å². The average Bonchev–Trinajstić information content (AvgIpc) is 3.37. The van der Waals surface area contributed by atoms with Gasteiger partial charge in [0.15, 0.2) is 0 Å². The largest absolute Gasteiger partial charge is 0.393 e. The third-order valence-electron chi connectivity index (χ3n) is 8.03. The van der Waals surface area contributed by atoms with Crippen LogP contribution < -0.4 is 0 Å². The molecule has 0 aromatic carbocycles. The molecule has 1 heterocycles. The summed E-state index contributed by atoms with van der Waals surface area (Å²) in [5, 5.41) is 31.2. The van der Waals surface area contributed by atoms with Gasteiger partial charge in [0, 0.05) is 0 Å². The van der Waals surface area contributed by atoms with Crippen LogP contribution in [0.5, 0.6) is 0 Å². The van der Waals surface area contributed by atoms with Crippen molar-refractivity contribution >= 4 is 0 Å². The van der Waals surface area contributed by atoms with Gasteiger partial charge in [0.05, 0.1) is 30.5 Å². The molecule has 4 heteroatoms. The molecule has 3 N–H and O–H groups in total. The summed E-state index contributed by atoms with van der Waals surface area (Å²) in [5.74, 6) is 0. The van der Waals surface area contributed by atoms with E-state index in [0.29, 0.717) is 0 Å². The molecular weight excluding hydrogens is 448 g/mol. The zero-order valence-corrected chi connectivity index (χ0v) is 23.9. The van der Waals surface area contributed by atoms with Gasteiger partial charge < -0.3 is 20.1 Å². The van der Waals surface area contributed by atoms with E-state index in [2.05, 4.69) is 13.5 Å². The van der Waals surface area contributed by atoms with E-state index in [-0.39, 0.29) is 24.4 Å². The van der Waals surface area contributed by atoms with E-state index in [0.717, 1.165) is 83.5 Å².